The Morgan fingerprint density at radius 1 is 1.26 bits per heavy atom. The van der Waals surface area contributed by atoms with Gasteiger partial charge in [0, 0.05) is 24.8 Å². The molecule has 0 amide bonds. The fourth-order valence-electron chi connectivity index (χ4n) is 2.39. The molecule has 5 nitrogen and oxygen atoms in total. The molecule has 0 spiro atoms. The number of nitrogens with zero attached hydrogens (tertiary/aromatic N) is 1. The highest BCUT2D eigenvalue weighted by atomic mass is 16.5. The van der Waals surface area contributed by atoms with E-state index in [0.29, 0.717) is 17.2 Å². The summed E-state index contributed by atoms with van der Waals surface area (Å²) in [5, 5.41) is 9.93. The molecule has 19 heavy (non-hydrogen) atoms. The van der Waals surface area contributed by atoms with Gasteiger partial charge in [0.05, 0.1) is 7.11 Å². The minimum absolute atomic E-state index is 0.363. The normalized spacial score (nSPS) is 19.1. The van der Waals surface area contributed by atoms with Crippen LogP contribution in [0.5, 0.6) is 11.5 Å². The average Bonchev–Trinajstić information content (AvgIpc) is 2.89. The van der Waals surface area contributed by atoms with E-state index in [1.807, 2.05) is 0 Å². The van der Waals surface area contributed by atoms with Crippen molar-refractivity contribution in [2.75, 3.05) is 25.9 Å². The predicted molar refractivity (Wildman–Crippen MR) is 74.3 cm³/mol. The molecule has 1 heterocycles. The standard InChI is InChI=1S/C14H22N2O3/c1-10(17)14(16-7-3-4-8-16)19-13-9-11(15)5-6-12(13)18-2/h5-6,9-10,14,17H,3-4,7-8,15H2,1-2H3. The van der Waals surface area contributed by atoms with E-state index in [1.165, 1.54) is 0 Å². The molecule has 0 aromatic heterocycles. The molecule has 5 heteroatoms. The number of aliphatic hydroxyl groups excluding tert-OH is 1. The van der Waals surface area contributed by atoms with Crippen molar-refractivity contribution in [3.05, 3.63) is 18.2 Å². The number of anilines is 1. The smallest absolute Gasteiger partial charge is 0.178 e. The van der Waals surface area contributed by atoms with Gasteiger partial charge in [-0.3, -0.25) is 4.90 Å². The van der Waals surface area contributed by atoms with Crippen molar-refractivity contribution in [3.63, 3.8) is 0 Å². The summed E-state index contributed by atoms with van der Waals surface area (Å²) in [7, 11) is 1.59. The second-order valence-electron chi connectivity index (χ2n) is 4.90. The van der Waals surface area contributed by atoms with Crippen LogP contribution in [0, 0.1) is 0 Å². The number of ether oxygens (including phenoxy) is 2. The minimum Gasteiger partial charge on any atom is -0.493 e. The molecule has 2 atom stereocenters. The number of aliphatic hydroxyl groups is 1. The molecule has 0 radical (unpaired) electrons. The van der Waals surface area contributed by atoms with Gasteiger partial charge in [0.2, 0.25) is 0 Å². The summed E-state index contributed by atoms with van der Waals surface area (Å²) >= 11 is 0. The molecule has 1 aromatic rings. The zero-order valence-corrected chi connectivity index (χ0v) is 11.5. The highest BCUT2D eigenvalue weighted by Crippen LogP contribution is 2.31. The van der Waals surface area contributed by atoms with Crippen molar-refractivity contribution in [2.45, 2.75) is 32.1 Å². The van der Waals surface area contributed by atoms with E-state index in [9.17, 15) is 5.11 Å². The van der Waals surface area contributed by atoms with Gasteiger partial charge in [0.25, 0.3) is 0 Å². The lowest BCUT2D eigenvalue weighted by molar-refractivity contribution is -0.0486. The van der Waals surface area contributed by atoms with Gasteiger partial charge < -0.3 is 20.3 Å². The third-order valence-electron chi connectivity index (χ3n) is 3.35. The van der Waals surface area contributed by atoms with Crippen molar-refractivity contribution in [2.24, 2.45) is 0 Å². The lowest BCUT2D eigenvalue weighted by atomic mass is 10.2. The fourth-order valence-corrected chi connectivity index (χ4v) is 2.39. The summed E-state index contributed by atoms with van der Waals surface area (Å²) in [4.78, 5) is 2.15. The van der Waals surface area contributed by atoms with Crippen LogP contribution < -0.4 is 15.2 Å². The second kappa shape index (κ2) is 6.12. The maximum absolute atomic E-state index is 9.93. The second-order valence-corrected chi connectivity index (χ2v) is 4.90. The van der Waals surface area contributed by atoms with E-state index in [4.69, 9.17) is 15.2 Å². The van der Waals surface area contributed by atoms with E-state index < -0.39 is 6.10 Å². The van der Waals surface area contributed by atoms with Gasteiger partial charge in [-0.2, -0.15) is 0 Å². The Hall–Kier alpha value is -1.46. The number of hydrogen-bond donors (Lipinski definition) is 2. The van der Waals surface area contributed by atoms with Crippen LogP contribution in [0.1, 0.15) is 19.8 Å². The topological polar surface area (TPSA) is 68.0 Å². The first-order valence-electron chi connectivity index (χ1n) is 6.64. The van der Waals surface area contributed by atoms with Gasteiger partial charge in [-0.05, 0) is 31.9 Å². The van der Waals surface area contributed by atoms with Gasteiger partial charge in [-0.15, -0.1) is 0 Å². The Labute approximate surface area is 113 Å². The van der Waals surface area contributed by atoms with Gasteiger partial charge in [-0.25, -0.2) is 0 Å². The van der Waals surface area contributed by atoms with Gasteiger partial charge in [0.1, 0.15) is 6.10 Å². The van der Waals surface area contributed by atoms with Crippen LogP contribution in [0.4, 0.5) is 5.69 Å². The molecule has 1 aliphatic rings. The van der Waals surface area contributed by atoms with Crippen LogP contribution in [-0.4, -0.2) is 42.5 Å². The van der Waals surface area contributed by atoms with E-state index in [-0.39, 0.29) is 6.23 Å². The quantitative estimate of drug-likeness (QED) is 0.790. The molecule has 0 saturated carbocycles. The number of nitrogen functional groups attached to an aromatic ring is 1. The summed E-state index contributed by atoms with van der Waals surface area (Å²) in [5.41, 5.74) is 6.39. The number of nitrogens with two attached hydrogens (primary N) is 1. The molecule has 1 fully saturated rings. The van der Waals surface area contributed by atoms with Crippen molar-refractivity contribution in [1.82, 2.24) is 4.90 Å². The third-order valence-corrected chi connectivity index (χ3v) is 3.35. The minimum atomic E-state index is -0.579. The summed E-state index contributed by atoms with van der Waals surface area (Å²) in [6, 6.07) is 5.26. The lowest BCUT2D eigenvalue weighted by Gasteiger charge is -2.30. The molecule has 1 saturated heterocycles. The molecule has 2 unspecified atom stereocenters. The molecular formula is C14H22N2O3. The third kappa shape index (κ3) is 3.30. The first-order valence-corrected chi connectivity index (χ1v) is 6.64. The molecule has 106 valence electrons. The largest absolute Gasteiger partial charge is 0.493 e. The predicted octanol–water partition coefficient (Wildman–Crippen LogP) is 1.46. The number of likely N-dealkylation sites (tertiary alicyclic amines) is 1. The lowest BCUT2D eigenvalue weighted by Crippen LogP contribution is -2.45. The van der Waals surface area contributed by atoms with Crippen LogP contribution in [-0.2, 0) is 0 Å². The van der Waals surface area contributed by atoms with Crippen LogP contribution in [0.15, 0.2) is 18.2 Å². The number of hydrogen-bond acceptors (Lipinski definition) is 5. The first-order chi connectivity index (χ1) is 9.11. The van der Waals surface area contributed by atoms with Crippen LogP contribution >= 0.6 is 0 Å². The Morgan fingerprint density at radius 3 is 2.53 bits per heavy atom. The molecule has 1 aliphatic heterocycles. The van der Waals surface area contributed by atoms with E-state index >= 15 is 0 Å². The van der Waals surface area contributed by atoms with Crippen LogP contribution in [0.3, 0.4) is 0 Å². The highest BCUT2D eigenvalue weighted by Gasteiger charge is 2.28. The summed E-state index contributed by atoms with van der Waals surface area (Å²) in [6.45, 7) is 3.63. The molecule has 1 aromatic carbocycles. The number of rotatable bonds is 5. The maximum atomic E-state index is 9.93. The summed E-state index contributed by atoms with van der Waals surface area (Å²) < 4.78 is 11.2. The molecule has 0 aliphatic carbocycles. The van der Waals surface area contributed by atoms with Crippen molar-refractivity contribution >= 4 is 5.69 Å². The van der Waals surface area contributed by atoms with Crippen LogP contribution in [0.2, 0.25) is 0 Å². The van der Waals surface area contributed by atoms with Gasteiger partial charge in [0.15, 0.2) is 17.7 Å². The zero-order chi connectivity index (χ0) is 13.8. The van der Waals surface area contributed by atoms with Crippen molar-refractivity contribution in [1.29, 1.82) is 0 Å². The summed E-state index contributed by atoms with van der Waals surface area (Å²) in [6.07, 6.45) is 1.34. The van der Waals surface area contributed by atoms with E-state index in [2.05, 4.69) is 4.90 Å². The molecular weight excluding hydrogens is 244 g/mol. The number of methoxy groups -OCH3 is 1. The maximum Gasteiger partial charge on any atom is 0.178 e. The molecule has 3 N–H and O–H groups in total. The van der Waals surface area contributed by atoms with Gasteiger partial charge >= 0.3 is 0 Å². The van der Waals surface area contributed by atoms with Crippen LogP contribution in [0.25, 0.3) is 0 Å². The van der Waals surface area contributed by atoms with Crippen molar-refractivity contribution in [3.8, 4) is 11.5 Å². The van der Waals surface area contributed by atoms with E-state index in [1.54, 1.807) is 32.2 Å². The Kier molecular flexibility index (Phi) is 4.50. The Bertz CT molecular complexity index is 417. The van der Waals surface area contributed by atoms with Crippen molar-refractivity contribution < 1.29 is 14.6 Å². The van der Waals surface area contributed by atoms with E-state index in [0.717, 1.165) is 25.9 Å². The Morgan fingerprint density at radius 2 is 1.95 bits per heavy atom. The fraction of sp³-hybridized carbons (Fsp3) is 0.571. The number of benzene rings is 1. The Balaban J connectivity index is 2.18. The summed E-state index contributed by atoms with van der Waals surface area (Å²) in [5.74, 6) is 1.19. The monoisotopic (exact) mass is 266 g/mol. The van der Waals surface area contributed by atoms with Gasteiger partial charge in [-0.1, -0.05) is 0 Å². The zero-order valence-electron chi connectivity index (χ0n) is 11.5. The SMILES string of the molecule is COc1ccc(N)cc1OC(C(C)O)N1CCCC1. The first kappa shape index (κ1) is 14.0. The highest BCUT2D eigenvalue weighted by molar-refractivity contribution is 5.52. The molecule has 2 rings (SSSR count). The molecule has 0 bridgehead atoms. The average molecular weight is 266 g/mol.